The zero-order valence-electron chi connectivity index (χ0n) is 51.1. The van der Waals surface area contributed by atoms with Gasteiger partial charge in [0.25, 0.3) is 0 Å². The molecule has 9 aromatic carbocycles. The average molecular weight is 1200 g/mol. The van der Waals surface area contributed by atoms with Crippen molar-refractivity contribution in [1.82, 2.24) is 24.4 Å². The Kier molecular flexibility index (Phi) is 15.6. The van der Waals surface area contributed by atoms with Crippen LogP contribution in [0.25, 0.3) is 44.5 Å². The van der Waals surface area contributed by atoms with Crippen LogP contribution < -0.4 is 14.5 Å². The maximum atomic E-state index is 15.1. The number of aromatic nitrogens is 4. The van der Waals surface area contributed by atoms with Crippen LogP contribution in [0, 0.1) is 56.2 Å². The van der Waals surface area contributed by atoms with Crippen LogP contribution in [-0.4, -0.2) is 49.8 Å². The van der Waals surface area contributed by atoms with Crippen LogP contribution in [0.3, 0.4) is 0 Å². The summed E-state index contributed by atoms with van der Waals surface area (Å²) in [5.74, 6) is -0.414. The van der Waals surface area contributed by atoms with Crippen molar-refractivity contribution in [3.63, 3.8) is 0 Å². The minimum atomic E-state index is -2.93. The smallest absolute Gasteiger partial charge is 0.427 e. The van der Waals surface area contributed by atoms with Crippen molar-refractivity contribution in [3.8, 4) is 45.8 Å². The fourth-order valence-electron chi connectivity index (χ4n) is 13.2. The predicted molar refractivity (Wildman–Crippen MR) is 355 cm³/mol. The van der Waals surface area contributed by atoms with E-state index < -0.39 is 18.9 Å². The lowest BCUT2D eigenvalue weighted by Gasteiger charge is -2.26. The maximum absolute atomic E-state index is 15.1. The van der Waals surface area contributed by atoms with Gasteiger partial charge in [0.15, 0.2) is 0 Å². The summed E-state index contributed by atoms with van der Waals surface area (Å²) in [5, 5.41) is 30.5. The normalized spacial score (nSPS) is 14.6. The molecule has 1 fully saturated rings. The minimum Gasteiger partial charge on any atom is -0.427 e. The van der Waals surface area contributed by atoms with E-state index in [4.69, 9.17) is 14.9 Å². The lowest BCUT2D eigenvalue weighted by atomic mass is 9.87. The third-order valence-electron chi connectivity index (χ3n) is 17.6. The van der Waals surface area contributed by atoms with Crippen LogP contribution in [0.5, 0.6) is 5.75 Å². The highest BCUT2D eigenvalue weighted by atomic mass is 19.2. The number of benzene rings is 9. The largest absolute Gasteiger partial charge is 0.677 e. The number of carbonyl (C=O) groups excluding carboxylic acids is 1. The number of fused-ring (bicyclic) bond motifs is 2. The quantitative estimate of drug-likeness (QED) is 0.0380. The molecule has 0 bridgehead atoms. The van der Waals surface area contributed by atoms with E-state index in [1.165, 1.54) is 19.1 Å². The molecule has 2 aliphatic rings. The molecule has 0 aliphatic carbocycles. The van der Waals surface area contributed by atoms with Crippen molar-refractivity contribution < 1.29 is 22.6 Å². The van der Waals surface area contributed by atoms with Gasteiger partial charge in [-0.15, -0.1) is 10.2 Å². The van der Waals surface area contributed by atoms with Gasteiger partial charge in [-0.25, -0.2) is 4.39 Å². The number of allylic oxidation sites excluding steroid dienone is 1. The fraction of sp³-hybridized carbons (Fsp3) is 0.145. The second-order valence-electron chi connectivity index (χ2n) is 23.4. The highest BCUT2D eigenvalue weighted by molar-refractivity contribution is 6.42. The Morgan fingerprint density at radius 2 is 1.10 bits per heavy atom. The first-order valence-electron chi connectivity index (χ1n) is 30.2. The summed E-state index contributed by atoms with van der Waals surface area (Å²) in [5.41, 5.74) is 17.7. The number of carbonyl (C=O) groups is 1. The number of hydrogen-bond acceptors (Lipinski definition) is 9. The van der Waals surface area contributed by atoms with E-state index in [-0.39, 0.29) is 29.2 Å². The summed E-state index contributed by atoms with van der Waals surface area (Å²) in [6, 6.07) is 74.3. The Hall–Kier alpha value is -11.2. The van der Waals surface area contributed by atoms with Gasteiger partial charge < -0.3 is 23.9 Å². The molecule has 4 heterocycles. The van der Waals surface area contributed by atoms with Crippen LogP contribution in [0.2, 0.25) is 0 Å². The number of halogens is 3. The summed E-state index contributed by atoms with van der Waals surface area (Å²) in [6.45, 7) is 11.3. The molecule has 11 aromatic rings. The van der Waals surface area contributed by atoms with E-state index in [1.807, 2.05) is 82.3 Å². The molecule has 91 heavy (non-hydrogen) atoms. The molecule has 0 N–H and O–H groups in total. The molecule has 0 saturated carbocycles. The third kappa shape index (κ3) is 10.9. The summed E-state index contributed by atoms with van der Waals surface area (Å²) in [6.07, 6.45) is 1.30. The van der Waals surface area contributed by atoms with E-state index in [9.17, 15) is 19.7 Å². The molecule has 15 heteroatoms. The van der Waals surface area contributed by atoms with Crippen molar-refractivity contribution in [2.24, 2.45) is 0 Å². The monoisotopic (exact) mass is 1200 g/mol. The lowest BCUT2D eigenvalue weighted by Crippen LogP contribution is -2.20. The van der Waals surface area contributed by atoms with Crippen LogP contribution in [-0.2, 0) is 11.2 Å². The number of nitrogens with zero attached hydrogens (tertiary/aromatic N) is 9. The first-order chi connectivity index (χ1) is 44.1. The predicted octanol–water partition coefficient (Wildman–Crippen LogP) is 18.1. The molecular weight excluding hydrogens is 1140 g/mol. The molecule has 0 radical (unpaired) electrons. The Bertz CT molecular complexity index is 4700. The highest BCUT2D eigenvalue weighted by Gasteiger charge is 2.59. The highest BCUT2D eigenvalue weighted by Crippen LogP contribution is 2.56. The lowest BCUT2D eigenvalue weighted by molar-refractivity contribution is -0.134. The standard InChI is InChI=1S/C76H61BF3N9O2/c1-48-43-64(44-49(2)70(48)71(74-51(4)68(46-82)76(6)47-85(74)76)75-50(3)67(45-81)52(5)88(75)77(79)80)91-69(90)24-16-17-53-25-33-60(34-26-53)87(59-22-14-9-15-23-59)62-37-29-55(30-38-62)66-42-41-65(72-73(66)84-89(83-72)63-39-31-56(78)32-40-63)54-27-35-61(36-28-54)86(57-18-10-7-11-19-57)58-20-12-8-13-21-58/h7-15,18-23,25-44H,16-17,24,47H2,1-6H3/b74-71-. The Balaban J connectivity index is 0.733. The van der Waals surface area contributed by atoms with E-state index in [1.54, 1.807) is 36.0 Å². The Labute approximate surface area is 527 Å². The molecule has 11 nitrogen and oxygen atoms in total. The van der Waals surface area contributed by atoms with E-state index in [0.29, 0.717) is 86.5 Å². The van der Waals surface area contributed by atoms with E-state index in [2.05, 4.69) is 148 Å². The summed E-state index contributed by atoms with van der Waals surface area (Å²) in [4.78, 5) is 21.6. The minimum absolute atomic E-state index is 0.152. The van der Waals surface area contributed by atoms with Gasteiger partial charge >= 0.3 is 13.4 Å². The second-order valence-corrected chi connectivity index (χ2v) is 23.4. The number of rotatable bonds is 17. The molecular formula is C76H61BF3N9O2. The SMILES string of the molecule is CC1=C(C#N)C2(C)CN2/C1=C(/c1c(C)cc(OC(=O)CCCc2ccc(N(c3ccccc3)c3ccc(-c4ccc(-c5ccc(N(c6ccccc6)c6ccccc6)cc5)c5nn(-c6ccc(F)cc6)nc45)cc3)cc2)cc1C)c1c(C)c(C#N)c(C)n1B(F)F. The Morgan fingerprint density at radius 3 is 1.55 bits per heavy atom. The number of esters is 1. The van der Waals surface area contributed by atoms with Gasteiger partial charge in [0.2, 0.25) is 0 Å². The first-order valence-corrected chi connectivity index (χ1v) is 30.2. The van der Waals surface area contributed by atoms with Gasteiger partial charge in [-0.2, -0.15) is 15.3 Å². The summed E-state index contributed by atoms with van der Waals surface area (Å²) < 4.78 is 51.4. The molecule has 446 valence electrons. The summed E-state index contributed by atoms with van der Waals surface area (Å²) >= 11 is 0. The first kappa shape index (κ1) is 58.8. The molecule has 0 spiro atoms. The van der Waals surface area contributed by atoms with Gasteiger partial charge in [0, 0.05) is 75.2 Å². The van der Waals surface area contributed by atoms with E-state index in [0.717, 1.165) is 66.4 Å². The zero-order valence-corrected chi connectivity index (χ0v) is 51.1. The number of para-hydroxylation sites is 3. The maximum Gasteiger partial charge on any atom is 0.677 e. The molecule has 0 amide bonds. The van der Waals surface area contributed by atoms with Crippen LogP contribution in [0.15, 0.2) is 229 Å². The summed E-state index contributed by atoms with van der Waals surface area (Å²) in [7, 11) is -2.93. The van der Waals surface area contributed by atoms with Crippen LogP contribution in [0.1, 0.15) is 71.5 Å². The molecule has 2 aromatic heterocycles. The topological polar surface area (TPSA) is 119 Å². The van der Waals surface area contributed by atoms with Crippen molar-refractivity contribution in [2.75, 3.05) is 16.3 Å². The van der Waals surface area contributed by atoms with E-state index >= 15 is 8.63 Å². The third-order valence-corrected chi connectivity index (χ3v) is 17.6. The second kappa shape index (κ2) is 24.1. The molecule has 13 rings (SSSR count). The number of aryl methyl sites for hydroxylation is 3. The number of nitriles is 2. The zero-order chi connectivity index (χ0) is 63.2. The van der Waals surface area contributed by atoms with Crippen molar-refractivity contribution in [3.05, 3.63) is 280 Å². The molecule has 2 aliphatic heterocycles. The van der Waals surface area contributed by atoms with Crippen molar-refractivity contribution in [2.45, 2.75) is 66.3 Å². The van der Waals surface area contributed by atoms with Crippen LogP contribution >= 0.6 is 0 Å². The van der Waals surface area contributed by atoms with Crippen LogP contribution in [0.4, 0.5) is 47.1 Å². The van der Waals surface area contributed by atoms with Gasteiger partial charge in [0.1, 0.15) is 28.7 Å². The number of hydrogen-bond donors (Lipinski definition) is 0. The Morgan fingerprint density at radius 1 is 0.626 bits per heavy atom. The average Bonchev–Trinajstić information content (AvgIpc) is 1.52. The number of ether oxygens (including phenoxy) is 1. The number of anilines is 6. The fourth-order valence-corrected chi connectivity index (χ4v) is 13.2. The van der Waals surface area contributed by atoms with Crippen molar-refractivity contribution in [1.29, 1.82) is 10.5 Å². The van der Waals surface area contributed by atoms with Gasteiger partial charge in [-0.05, 0) is 208 Å². The molecule has 1 unspecified atom stereocenters. The van der Waals surface area contributed by atoms with Crippen molar-refractivity contribution >= 4 is 64.1 Å². The van der Waals surface area contributed by atoms with Gasteiger partial charge in [0.05, 0.1) is 34.1 Å². The molecule has 1 saturated heterocycles. The van der Waals surface area contributed by atoms with Gasteiger partial charge in [-0.3, -0.25) is 13.4 Å². The molecule has 1 atom stereocenters. The van der Waals surface area contributed by atoms with Gasteiger partial charge in [-0.1, -0.05) is 103 Å².